The van der Waals surface area contributed by atoms with Crippen molar-refractivity contribution in [2.24, 2.45) is 5.73 Å². The predicted molar refractivity (Wildman–Crippen MR) is 36.4 cm³/mol. The monoisotopic (exact) mass is 147 g/mol. The molecule has 0 fully saturated rings. The summed E-state index contributed by atoms with van der Waals surface area (Å²) in [4.78, 5) is 10.4. The molecule has 0 amide bonds. The Morgan fingerprint density at radius 1 is 1.70 bits per heavy atom. The number of aliphatic hydroxyl groups excluding tert-OH is 2. The van der Waals surface area contributed by atoms with Crippen LogP contribution in [0.5, 0.6) is 0 Å². The quantitative estimate of drug-likeness (QED) is 0.459. The Morgan fingerprint density at radius 3 is 2.50 bits per heavy atom. The third-order valence-corrected chi connectivity index (χ3v) is 1.20. The predicted octanol–water partition coefficient (Wildman–Crippen LogP) is -1.35. The van der Waals surface area contributed by atoms with E-state index in [1.807, 2.05) is 0 Å². The van der Waals surface area contributed by atoms with Crippen molar-refractivity contribution in [1.29, 1.82) is 0 Å². The molecule has 0 aromatic heterocycles. The molecule has 0 aromatic carbocycles. The lowest BCUT2D eigenvalue weighted by Crippen LogP contribution is -2.38. The first-order chi connectivity index (χ1) is 4.57. The lowest BCUT2D eigenvalue weighted by molar-refractivity contribution is -0.119. The van der Waals surface area contributed by atoms with E-state index in [1.54, 1.807) is 0 Å². The fourth-order valence-corrected chi connectivity index (χ4v) is 0.568. The van der Waals surface area contributed by atoms with Gasteiger partial charge in [-0.3, -0.25) is 4.79 Å². The normalized spacial score (nSPS) is 16.4. The average Bonchev–Trinajstić information content (AvgIpc) is 1.85. The van der Waals surface area contributed by atoms with Crippen LogP contribution in [0.3, 0.4) is 0 Å². The van der Waals surface area contributed by atoms with Gasteiger partial charge in [-0.15, -0.1) is 0 Å². The average molecular weight is 147 g/mol. The summed E-state index contributed by atoms with van der Waals surface area (Å²) >= 11 is 0. The maximum atomic E-state index is 10.4. The molecule has 0 aliphatic heterocycles. The molecule has 60 valence electrons. The Morgan fingerprint density at radius 2 is 2.20 bits per heavy atom. The van der Waals surface area contributed by atoms with Crippen molar-refractivity contribution in [3.8, 4) is 0 Å². The molecule has 10 heavy (non-hydrogen) atoms. The largest absolute Gasteiger partial charge is 0.395 e. The molecule has 2 unspecified atom stereocenters. The third-order valence-electron chi connectivity index (χ3n) is 1.20. The van der Waals surface area contributed by atoms with Crippen LogP contribution in [0.1, 0.15) is 13.3 Å². The molecular weight excluding hydrogens is 134 g/mol. The number of hydrogen-bond donors (Lipinski definition) is 3. The van der Waals surface area contributed by atoms with Crippen LogP contribution in [0, 0.1) is 0 Å². The summed E-state index contributed by atoms with van der Waals surface area (Å²) in [5, 5.41) is 17.4. The minimum atomic E-state index is -0.914. The van der Waals surface area contributed by atoms with Gasteiger partial charge in [-0.1, -0.05) is 0 Å². The van der Waals surface area contributed by atoms with Gasteiger partial charge < -0.3 is 15.9 Å². The lowest BCUT2D eigenvalue weighted by Gasteiger charge is -2.13. The highest BCUT2D eigenvalue weighted by molar-refractivity contribution is 5.76. The van der Waals surface area contributed by atoms with Gasteiger partial charge in [0.25, 0.3) is 0 Å². The van der Waals surface area contributed by atoms with E-state index in [1.165, 1.54) is 6.92 Å². The Balaban J connectivity index is 3.61. The van der Waals surface area contributed by atoms with E-state index in [4.69, 9.17) is 15.9 Å². The second-order valence-electron chi connectivity index (χ2n) is 2.32. The first-order valence-corrected chi connectivity index (χ1v) is 3.12. The molecule has 0 saturated heterocycles. The minimum absolute atomic E-state index is 0.0156. The maximum Gasteiger partial charge on any atom is 0.132 e. The van der Waals surface area contributed by atoms with Crippen LogP contribution in [-0.2, 0) is 4.79 Å². The van der Waals surface area contributed by atoms with Crippen LogP contribution in [0.25, 0.3) is 0 Å². The number of carbonyl (C=O) groups excluding carboxylic acids is 1. The van der Waals surface area contributed by atoms with E-state index < -0.39 is 12.1 Å². The number of Topliss-reactive ketones (excluding diaryl/α,β-unsaturated/α-hetero) is 1. The Bertz CT molecular complexity index is 116. The number of hydrogen-bond acceptors (Lipinski definition) is 4. The molecule has 0 aliphatic carbocycles. The number of ketones is 1. The van der Waals surface area contributed by atoms with Crippen LogP contribution >= 0.6 is 0 Å². The second kappa shape index (κ2) is 4.38. The zero-order valence-electron chi connectivity index (χ0n) is 5.95. The van der Waals surface area contributed by atoms with Gasteiger partial charge in [-0.2, -0.15) is 0 Å². The molecule has 0 saturated carbocycles. The molecule has 0 spiro atoms. The fraction of sp³-hybridized carbons (Fsp3) is 0.833. The summed E-state index contributed by atoms with van der Waals surface area (Å²) in [5.74, 6) is -0.128. The Hall–Kier alpha value is -0.450. The molecule has 0 radical (unpaired) electrons. The van der Waals surface area contributed by atoms with Crippen molar-refractivity contribution >= 4 is 5.78 Å². The van der Waals surface area contributed by atoms with Crippen molar-refractivity contribution in [2.75, 3.05) is 6.61 Å². The smallest absolute Gasteiger partial charge is 0.132 e. The molecule has 0 aromatic rings. The molecule has 0 aliphatic rings. The number of aliphatic hydroxyl groups is 2. The molecule has 4 N–H and O–H groups in total. The Kier molecular flexibility index (Phi) is 4.18. The van der Waals surface area contributed by atoms with Crippen molar-refractivity contribution in [1.82, 2.24) is 0 Å². The third kappa shape index (κ3) is 3.55. The standard InChI is InChI=1S/C6H13NO3/c1-4(9)2-6(10)5(7)3-8/h5-6,8,10H,2-3,7H2,1H3. The number of nitrogens with two attached hydrogens (primary N) is 1. The van der Waals surface area contributed by atoms with Gasteiger partial charge in [0.15, 0.2) is 0 Å². The fourth-order valence-electron chi connectivity index (χ4n) is 0.568. The highest BCUT2D eigenvalue weighted by atomic mass is 16.3. The molecule has 0 rings (SSSR count). The number of rotatable bonds is 4. The van der Waals surface area contributed by atoms with Gasteiger partial charge in [0, 0.05) is 6.42 Å². The highest BCUT2D eigenvalue weighted by Gasteiger charge is 2.14. The van der Waals surface area contributed by atoms with Gasteiger partial charge in [0.05, 0.1) is 18.8 Å². The van der Waals surface area contributed by atoms with E-state index in [2.05, 4.69) is 0 Å². The van der Waals surface area contributed by atoms with Gasteiger partial charge in [-0.25, -0.2) is 0 Å². The van der Waals surface area contributed by atoms with Gasteiger partial charge in [0.1, 0.15) is 5.78 Å². The van der Waals surface area contributed by atoms with Gasteiger partial charge in [-0.05, 0) is 6.92 Å². The summed E-state index contributed by atoms with van der Waals surface area (Å²) < 4.78 is 0. The maximum absolute atomic E-state index is 10.4. The first kappa shape index (κ1) is 9.55. The molecular formula is C6H13NO3. The van der Waals surface area contributed by atoms with Crippen LogP contribution in [-0.4, -0.2) is 34.7 Å². The molecule has 0 bridgehead atoms. The van der Waals surface area contributed by atoms with Crippen molar-refractivity contribution in [2.45, 2.75) is 25.5 Å². The summed E-state index contributed by atoms with van der Waals surface area (Å²) in [6.45, 7) is 1.07. The lowest BCUT2D eigenvalue weighted by atomic mass is 10.1. The van der Waals surface area contributed by atoms with Crippen LogP contribution < -0.4 is 5.73 Å². The van der Waals surface area contributed by atoms with E-state index in [9.17, 15) is 4.79 Å². The van der Waals surface area contributed by atoms with Crippen LogP contribution in [0.2, 0.25) is 0 Å². The van der Waals surface area contributed by atoms with Crippen molar-refractivity contribution in [3.63, 3.8) is 0 Å². The Labute approximate surface area is 59.7 Å². The zero-order valence-corrected chi connectivity index (χ0v) is 5.95. The van der Waals surface area contributed by atoms with E-state index in [0.717, 1.165) is 0 Å². The second-order valence-corrected chi connectivity index (χ2v) is 2.32. The van der Waals surface area contributed by atoms with Crippen molar-refractivity contribution in [3.05, 3.63) is 0 Å². The zero-order chi connectivity index (χ0) is 8.15. The van der Waals surface area contributed by atoms with E-state index in [0.29, 0.717) is 0 Å². The molecule has 4 nitrogen and oxygen atoms in total. The first-order valence-electron chi connectivity index (χ1n) is 3.12. The van der Waals surface area contributed by atoms with Gasteiger partial charge in [0.2, 0.25) is 0 Å². The van der Waals surface area contributed by atoms with E-state index in [-0.39, 0.29) is 18.8 Å². The summed E-state index contributed by atoms with van der Waals surface area (Å²) in [7, 11) is 0. The van der Waals surface area contributed by atoms with Crippen molar-refractivity contribution < 1.29 is 15.0 Å². The SMILES string of the molecule is CC(=O)CC(O)C(N)CO. The number of carbonyl (C=O) groups is 1. The van der Waals surface area contributed by atoms with Crippen LogP contribution in [0.15, 0.2) is 0 Å². The van der Waals surface area contributed by atoms with Crippen LogP contribution in [0.4, 0.5) is 0 Å². The highest BCUT2D eigenvalue weighted by Crippen LogP contribution is 1.96. The molecule has 4 heteroatoms. The van der Waals surface area contributed by atoms with E-state index >= 15 is 0 Å². The summed E-state index contributed by atoms with van der Waals surface area (Å²) in [5.41, 5.74) is 5.21. The minimum Gasteiger partial charge on any atom is -0.395 e. The molecule has 2 atom stereocenters. The molecule has 0 heterocycles. The topological polar surface area (TPSA) is 83.5 Å². The summed E-state index contributed by atoms with van der Waals surface area (Å²) in [6, 6.07) is -0.705. The summed E-state index contributed by atoms with van der Waals surface area (Å²) in [6.07, 6.45) is -0.899. The van der Waals surface area contributed by atoms with Gasteiger partial charge >= 0.3 is 0 Å².